The summed E-state index contributed by atoms with van der Waals surface area (Å²) in [6.07, 6.45) is 8.26. The summed E-state index contributed by atoms with van der Waals surface area (Å²) in [4.78, 5) is 15.6. The lowest BCUT2D eigenvalue weighted by Crippen LogP contribution is -2.38. The molecule has 3 heteroatoms. The van der Waals surface area contributed by atoms with Gasteiger partial charge in [0.2, 0.25) is 0 Å². The number of aromatic amines is 1. The summed E-state index contributed by atoms with van der Waals surface area (Å²) in [6.45, 7) is 2.14. The normalized spacial score (nSPS) is 18.1. The second-order valence-electron chi connectivity index (χ2n) is 5.91. The Morgan fingerprint density at radius 2 is 2.00 bits per heavy atom. The minimum Gasteiger partial charge on any atom is -0.360 e. The summed E-state index contributed by atoms with van der Waals surface area (Å²) < 4.78 is 0. The summed E-state index contributed by atoms with van der Waals surface area (Å²) in [6, 6.07) is 8.20. The van der Waals surface area contributed by atoms with Gasteiger partial charge in [-0.1, -0.05) is 37.5 Å². The van der Waals surface area contributed by atoms with Gasteiger partial charge in [-0.25, -0.2) is 0 Å². The first-order chi connectivity index (χ1) is 9.75. The number of benzene rings is 1. The molecule has 2 aromatic rings. The van der Waals surface area contributed by atoms with Gasteiger partial charge in [-0.2, -0.15) is 0 Å². The van der Waals surface area contributed by atoms with Gasteiger partial charge in [0.15, 0.2) is 0 Å². The Morgan fingerprint density at radius 3 is 2.80 bits per heavy atom. The minimum atomic E-state index is 0.0422. The van der Waals surface area contributed by atoms with Crippen LogP contribution in [-0.2, 0) is 0 Å². The number of hydrogen-bond donors (Lipinski definition) is 2. The van der Waals surface area contributed by atoms with Gasteiger partial charge in [-0.3, -0.25) is 4.79 Å². The smallest absolute Gasteiger partial charge is 0.253 e. The molecule has 0 aliphatic heterocycles. The first-order valence-corrected chi connectivity index (χ1v) is 7.62. The van der Waals surface area contributed by atoms with Crippen molar-refractivity contribution in [1.82, 2.24) is 10.3 Å². The number of hydrogen-bond acceptors (Lipinski definition) is 1. The van der Waals surface area contributed by atoms with E-state index in [1.54, 1.807) is 0 Å². The lowest BCUT2D eigenvalue weighted by atomic mass is 9.84. The van der Waals surface area contributed by atoms with Crippen molar-refractivity contribution in [2.45, 2.75) is 45.1 Å². The first-order valence-electron chi connectivity index (χ1n) is 7.62. The molecule has 20 heavy (non-hydrogen) atoms. The highest BCUT2D eigenvalue weighted by atomic mass is 16.1. The fraction of sp³-hybridized carbons (Fsp3) is 0.471. The minimum absolute atomic E-state index is 0.0422. The van der Waals surface area contributed by atoms with Crippen molar-refractivity contribution in [1.29, 1.82) is 0 Å². The van der Waals surface area contributed by atoms with Crippen molar-refractivity contribution in [3.05, 3.63) is 36.0 Å². The Labute approximate surface area is 119 Å². The molecule has 1 aliphatic rings. The first kappa shape index (κ1) is 13.2. The molecule has 0 saturated heterocycles. The number of para-hydroxylation sites is 1. The predicted molar refractivity (Wildman–Crippen MR) is 81.8 cm³/mol. The molecule has 0 bridgehead atoms. The molecule has 1 heterocycles. The van der Waals surface area contributed by atoms with Crippen molar-refractivity contribution in [3.8, 4) is 0 Å². The van der Waals surface area contributed by atoms with Crippen molar-refractivity contribution in [2.24, 2.45) is 5.92 Å². The van der Waals surface area contributed by atoms with Gasteiger partial charge < -0.3 is 10.3 Å². The molecule has 0 spiro atoms. The third-order valence-corrected chi connectivity index (χ3v) is 4.55. The quantitative estimate of drug-likeness (QED) is 0.873. The summed E-state index contributed by atoms with van der Waals surface area (Å²) in [5.41, 5.74) is 1.77. The van der Waals surface area contributed by atoms with Gasteiger partial charge >= 0.3 is 0 Å². The summed E-state index contributed by atoms with van der Waals surface area (Å²) in [5.74, 6) is 0.679. The number of amides is 1. The number of H-pyrrole nitrogens is 1. The van der Waals surface area contributed by atoms with Gasteiger partial charge in [0.1, 0.15) is 0 Å². The zero-order chi connectivity index (χ0) is 13.9. The monoisotopic (exact) mass is 270 g/mol. The molecular formula is C17H22N2O. The van der Waals surface area contributed by atoms with Crippen molar-refractivity contribution in [3.63, 3.8) is 0 Å². The second-order valence-corrected chi connectivity index (χ2v) is 5.91. The van der Waals surface area contributed by atoms with E-state index < -0.39 is 0 Å². The van der Waals surface area contributed by atoms with E-state index in [4.69, 9.17) is 0 Å². The largest absolute Gasteiger partial charge is 0.360 e. The highest BCUT2D eigenvalue weighted by Gasteiger charge is 2.22. The van der Waals surface area contributed by atoms with Crippen LogP contribution in [0.4, 0.5) is 0 Å². The van der Waals surface area contributed by atoms with Crippen LogP contribution in [0.15, 0.2) is 30.5 Å². The van der Waals surface area contributed by atoms with Crippen LogP contribution in [0.1, 0.15) is 49.4 Å². The number of carbonyl (C=O) groups excluding carboxylic acids is 1. The summed E-state index contributed by atoms with van der Waals surface area (Å²) in [7, 11) is 0. The van der Waals surface area contributed by atoms with E-state index in [1.165, 1.54) is 32.1 Å². The Kier molecular flexibility index (Phi) is 3.77. The second kappa shape index (κ2) is 5.70. The molecule has 1 aromatic heterocycles. The van der Waals surface area contributed by atoms with Crippen LogP contribution in [0.25, 0.3) is 10.9 Å². The molecule has 1 amide bonds. The molecule has 1 aliphatic carbocycles. The third kappa shape index (κ3) is 2.58. The molecular weight excluding hydrogens is 248 g/mol. The lowest BCUT2D eigenvalue weighted by molar-refractivity contribution is 0.0921. The van der Waals surface area contributed by atoms with Crippen LogP contribution in [0.2, 0.25) is 0 Å². The van der Waals surface area contributed by atoms with E-state index in [1.807, 2.05) is 30.5 Å². The molecule has 1 fully saturated rings. The zero-order valence-electron chi connectivity index (χ0n) is 12.0. The van der Waals surface area contributed by atoms with E-state index >= 15 is 0 Å². The fourth-order valence-corrected chi connectivity index (χ4v) is 3.30. The van der Waals surface area contributed by atoms with E-state index in [2.05, 4.69) is 17.2 Å². The van der Waals surface area contributed by atoms with Crippen molar-refractivity contribution >= 4 is 16.8 Å². The van der Waals surface area contributed by atoms with Crippen LogP contribution < -0.4 is 5.32 Å². The molecule has 1 atom stereocenters. The van der Waals surface area contributed by atoms with Gasteiger partial charge in [0.25, 0.3) is 5.91 Å². The van der Waals surface area contributed by atoms with Gasteiger partial charge in [0, 0.05) is 23.1 Å². The number of aromatic nitrogens is 1. The van der Waals surface area contributed by atoms with Crippen molar-refractivity contribution < 1.29 is 4.79 Å². The maximum absolute atomic E-state index is 12.4. The van der Waals surface area contributed by atoms with Crippen LogP contribution in [0.5, 0.6) is 0 Å². The Bertz CT molecular complexity index is 596. The summed E-state index contributed by atoms with van der Waals surface area (Å²) in [5, 5.41) is 4.19. The van der Waals surface area contributed by atoms with Crippen LogP contribution in [0.3, 0.4) is 0 Å². The maximum Gasteiger partial charge on any atom is 0.253 e. The van der Waals surface area contributed by atoms with Gasteiger partial charge in [-0.15, -0.1) is 0 Å². The average Bonchev–Trinajstić information content (AvgIpc) is 2.92. The molecule has 0 radical (unpaired) electrons. The van der Waals surface area contributed by atoms with Crippen molar-refractivity contribution in [2.75, 3.05) is 0 Å². The zero-order valence-corrected chi connectivity index (χ0v) is 12.0. The van der Waals surface area contributed by atoms with Gasteiger partial charge in [-0.05, 0) is 31.7 Å². The molecule has 106 valence electrons. The standard InChI is InChI=1S/C17H22N2O/c1-12(13-7-3-2-4-8-13)19-17(20)15-11-18-16-10-6-5-9-14(15)16/h5-6,9-13,18H,2-4,7-8H2,1H3,(H,19,20). The third-order valence-electron chi connectivity index (χ3n) is 4.55. The van der Waals surface area contributed by atoms with Crippen LogP contribution in [0, 0.1) is 5.92 Å². The van der Waals surface area contributed by atoms with E-state index in [-0.39, 0.29) is 11.9 Å². The molecule has 1 unspecified atom stereocenters. The Morgan fingerprint density at radius 1 is 1.25 bits per heavy atom. The molecule has 3 nitrogen and oxygen atoms in total. The molecule has 3 rings (SSSR count). The highest BCUT2D eigenvalue weighted by Crippen LogP contribution is 2.26. The molecule has 1 saturated carbocycles. The fourth-order valence-electron chi connectivity index (χ4n) is 3.30. The average molecular weight is 270 g/mol. The molecule has 1 aromatic carbocycles. The van der Waals surface area contributed by atoms with E-state index in [9.17, 15) is 4.79 Å². The lowest BCUT2D eigenvalue weighted by Gasteiger charge is -2.28. The van der Waals surface area contributed by atoms with Gasteiger partial charge in [0.05, 0.1) is 5.56 Å². The van der Waals surface area contributed by atoms with E-state index in [0.29, 0.717) is 5.92 Å². The predicted octanol–water partition coefficient (Wildman–Crippen LogP) is 3.87. The summed E-state index contributed by atoms with van der Waals surface area (Å²) >= 11 is 0. The number of rotatable bonds is 3. The SMILES string of the molecule is CC(NC(=O)c1c[nH]c2ccccc12)C1CCCCC1. The Balaban J connectivity index is 1.72. The Hall–Kier alpha value is -1.77. The molecule has 2 N–H and O–H groups in total. The van der Waals surface area contributed by atoms with Crippen LogP contribution in [-0.4, -0.2) is 16.9 Å². The topological polar surface area (TPSA) is 44.9 Å². The number of carbonyl (C=O) groups is 1. The maximum atomic E-state index is 12.4. The van der Waals surface area contributed by atoms with Crippen LogP contribution >= 0.6 is 0 Å². The van der Waals surface area contributed by atoms with E-state index in [0.717, 1.165) is 16.5 Å². The number of nitrogens with one attached hydrogen (secondary N) is 2. The highest BCUT2D eigenvalue weighted by molar-refractivity contribution is 6.06. The number of fused-ring (bicyclic) bond motifs is 1.